The highest BCUT2D eigenvalue weighted by Gasteiger charge is 2.10. The maximum atomic E-state index is 2.28. The molecule has 0 spiro atoms. The van der Waals surface area contributed by atoms with Gasteiger partial charge in [-0.15, -0.1) is 0 Å². The predicted octanol–water partition coefficient (Wildman–Crippen LogP) is 3.67. The summed E-state index contributed by atoms with van der Waals surface area (Å²) in [5.41, 5.74) is 2.82. The molecule has 1 atom stereocenters. The lowest BCUT2D eigenvalue weighted by atomic mass is 9.88. The van der Waals surface area contributed by atoms with Gasteiger partial charge in [-0.1, -0.05) is 55.5 Å². The maximum absolute atomic E-state index is 2.28. The topological polar surface area (TPSA) is 0 Å². The van der Waals surface area contributed by atoms with Gasteiger partial charge >= 0.3 is 0 Å². The molecule has 1 unspecified atom stereocenters. The summed E-state index contributed by atoms with van der Waals surface area (Å²) in [6.07, 6.45) is 7.78. The van der Waals surface area contributed by atoms with E-state index in [1.807, 2.05) is 0 Å². The van der Waals surface area contributed by atoms with Crippen molar-refractivity contribution in [2.75, 3.05) is 0 Å². The molecule has 0 bridgehead atoms. The van der Waals surface area contributed by atoms with E-state index in [1.54, 1.807) is 0 Å². The van der Waals surface area contributed by atoms with Gasteiger partial charge in [-0.05, 0) is 23.5 Å². The normalized spacial score (nSPS) is 21.3. The Hall–Kier alpha value is -1.30. The van der Waals surface area contributed by atoms with E-state index in [1.165, 1.54) is 17.6 Å². The molecule has 66 valence electrons. The molecular formula is C13H14. The van der Waals surface area contributed by atoms with E-state index in [4.69, 9.17) is 0 Å². The first-order valence-electron chi connectivity index (χ1n) is 4.80. The molecule has 0 heterocycles. The number of benzene rings is 1. The van der Waals surface area contributed by atoms with Crippen molar-refractivity contribution in [2.45, 2.75) is 13.3 Å². The molecule has 2 rings (SSSR count). The van der Waals surface area contributed by atoms with E-state index in [-0.39, 0.29) is 0 Å². The van der Waals surface area contributed by atoms with Crippen molar-refractivity contribution >= 4 is 5.57 Å². The molecule has 1 aliphatic carbocycles. The molecule has 0 aliphatic heterocycles. The van der Waals surface area contributed by atoms with E-state index in [0.717, 1.165) is 0 Å². The Labute approximate surface area is 79.6 Å². The Balaban J connectivity index is 2.35. The summed E-state index contributed by atoms with van der Waals surface area (Å²) in [7, 11) is 0. The van der Waals surface area contributed by atoms with Crippen LogP contribution in [0.3, 0.4) is 0 Å². The standard InChI is InChI=1S/C13H14/c1-11-7-5-6-10-13(11)12-8-3-2-4-9-12/h2-6,8-11H,7H2,1H3. The van der Waals surface area contributed by atoms with Crippen LogP contribution >= 0.6 is 0 Å². The molecular weight excluding hydrogens is 156 g/mol. The van der Waals surface area contributed by atoms with Crippen LogP contribution < -0.4 is 0 Å². The lowest BCUT2D eigenvalue weighted by Crippen LogP contribution is -1.99. The summed E-state index contributed by atoms with van der Waals surface area (Å²) < 4.78 is 0. The minimum Gasteiger partial charge on any atom is -0.0839 e. The van der Waals surface area contributed by atoms with Crippen LogP contribution in [-0.4, -0.2) is 0 Å². The Morgan fingerprint density at radius 2 is 1.92 bits per heavy atom. The van der Waals surface area contributed by atoms with Gasteiger partial charge in [-0.3, -0.25) is 0 Å². The summed E-state index contributed by atoms with van der Waals surface area (Å²) in [5, 5.41) is 0. The van der Waals surface area contributed by atoms with Crippen molar-refractivity contribution in [2.24, 2.45) is 5.92 Å². The number of hydrogen-bond acceptors (Lipinski definition) is 0. The first kappa shape index (κ1) is 8.31. The fourth-order valence-corrected chi connectivity index (χ4v) is 1.76. The second kappa shape index (κ2) is 3.61. The summed E-state index contributed by atoms with van der Waals surface area (Å²) in [6, 6.07) is 10.6. The molecule has 0 nitrogen and oxygen atoms in total. The monoisotopic (exact) mass is 170 g/mol. The molecule has 0 amide bonds. The van der Waals surface area contributed by atoms with Gasteiger partial charge in [-0.2, -0.15) is 0 Å². The Bertz CT molecular complexity index is 330. The molecule has 0 saturated heterocycles. The molecule has 1 aromatic carbocycles. The van der Waals surface area contributed by atoms with Crippen molar-refractivity contribution in [3.8, 4) is 0 Å². The zero-order valence-electron chi connectivity index (χ0n) is 7.90. The quantitative estimate of drug-likeness (QED) is 0.603. The van der Waals surface area contributed by atoms with Gasteiger partial charge in [0.2, 0.25) is 0 Å². The molecule has 13 heavy (non-hydrogen) atoms. The molecule has 0 N–H and O–H groups in total. The molecule has 0 fully saturated rings. The van der Waals surface area contributed by atoms with E-state index in [9.17, 15) is 0 Å². The minimum atomic E-state index is 0.660. The first-order chi connectivity index (χ1) is 6.38. The highest BCUT2D eigenvalue weighted by atomic mass is 14.1. The fraction of sp³-hybridized carbons (Fsp3) is 0.231. The van der Waals surface area contributed by atoms with Crippen molar-refractivity contribution in [1.29, 1.82) is 0 Å². The lowest BCUT2D eigenvalue weighted by Gasteiger charge is -2.17. The lowest BCUT2D eigenvalue weighted by molar-refractivity contribution is 0.758. The second-order valence-corrected chi connectivity index (χ2v) is 3.55. The van der Waals surface area contributed by atoms with Gasteiger partial charge in [0.25, 0.3) is 0 Å². The van der Waals surface area contributed by atoms with Gasteiger partial charge in [0.15, 0.2) is 0 Å². The Kier molecular flexibility index (Phi) is 2.31. The highest BCUT2D eigenvalue weighted by Crippen LogP contribution is 2.28. The third kappa shape index (κ3) is 1.72. The van der Waals surface area contributed by atoms with Gasteiger partial charge in [0, 0.05) is 0 Å². The van der Waals surface area contributed by atoms with Crippen LogP contribution in [0.15, 0.2) is 48.6 Å². The molecule has 1 aromatic rings. The van der Waals surface area contributed by atoms with Crippen molar-refractivity contribution in [3.63, 3.8) is 0 Å². The Morgan fingerprint density at radius 3 is 2.62 bits per heavy atom. The summed E-state index contributed by atoms with van der Waals surface area (Å²) >= 11 is 0. The second-order valence-electron chi connectivity index (χ2n) is 3.55. The first-order valence-corrected chi connectivity index (χ1v) is 4.80. The molecule has 1 aliphatic rings. The molecule has 0 aromatic heterocycles. The maximum Gasteiger partial charge on any atom is -0.0150 e. The number of allylic oxidation sites excluding steroid dienone is 4. The van der Waals surface area contributed by atoms with Gasteiger partial charge in [-0.25, -0.2) is 0 Å². The smallest absolute Gasteiger partial charge is 0.0150 e. The average Bonchev–Trinajstić information content (AvgIpc) is 2.20. The van der Waals surface area contributed by atoms with Crippen molar-refractivity contribution < 1.29 is 0 Å². The van der Waals surface area contributed by atoms with E-state index in [2.05, 4.69) is 55.5 Å². The highest BCUT2D eigenvalue weighted by molar-refractivity contribution is 5.69. The van der Waals surface area contributed by atoms with Crippen LogP contribution in [0.2, 0.25) is 0 Å². The summed E-state index contributed by atoms with van der Waals surface area (Å²) in [5.74, 6) is 0.660. The largest absolute Gasteiger partial charge is 0.0839 e. The van der Waals surface area contributed by atoms with Gasteiger partial charge in [0.05, 0.1) is 0 Å². The zero-order valence-corrected chi connectivity index (χ0v) is 7.90. The zero-order chi connectivity index (χ0) is 9.10. The van der Waals surface area contributed by atoms with E-state index < -0.39 is 0 Å². The third-order valence-electron chi connectivity index (χ3n) is 2.54. The van der Waals surface area contributed by atoms with Crippen LogP contribution in [0, 0.1) is 5.92 Å². The van der Waals surface area contributed by atoms with Crippen LogP contribution in [0.5, 0.6) is 0 Å². The van der Waals surface area contributed by atoms with Crippen molar-refractivity contribution in [3.05, 3.63) is 54.1 Å². The summed E-state index contributed by atoms with van der Waals surface area (Å²) in [4.78, 5) is 0. The van der Waals surface area contributed by atoms with Gasteiger partial charge < -0.3 is 0 Å². The fourth-order valence-electron chi connectivity index (χ4n) is 1.76. The van der Waals surface area contributed by atoms with Crippen LogP contribution in [0.4, 0.5) is 0 Å². The van der Waals surface area contributed by atoms with Crippen LogP contribution in [0.1, 0.15) is 18.9 Å². The van der Waals surface area contributed by atoms with E-state index >= 15 is 0 Å². The molecule has 0 saturated carbocycles. The average molecular weight is 170 g/mol. The SMILES string of the molecule is CC1CC=CC=C1c1ccccc1. The van der Waals surface area contributed by atoms with Crippen LogP contribution in [0.25, 0.3) is 5.57 Å². The minimum absolute atomic E-state index is 0.660. The Morgan fingerprint density at radius 1 is 1.15 bits per heavy atom. The molecule has 0 radical (unpaired) electrons. The van der Waals surface area contributed by atoms with E-state index in [0.29, 0.717) is 5.92 Å². The third-order valence-corrected chi connectivity index (χ3v) is 2.54. The predicted molar refractivity (Wildman–Crippen MR) is 57.3 cm³/mol. The van der Waals surface area contributed by atoms with Crippen LogP contribution in [-0.2, 0) is 0 Å². The number of hydrogen-bond donors (Lipinski definition) is 0. The van der Waals surface area contributed by atoms with Crippen molar-refractivity contribution in [1.82, 2.24) is 0 Å². The summed E-state index contributed by atoms with van der Waals surface area (Å²) in [6.45, 7) is 2.28. The number of rotatable bonds is 1. The van der Waals surface area contributed by atoms with Gasteiger partial charge in [0.1, 0.15) is 0 Å². The molecule has 0 heteroatoms.